The number of hydrogen-bond donors (Lipinski definition) is 1. The van der Waals surface area contributed by atoms with Gasteiger partial charge < -0.3 is 10.1 Å². The first kappa shape index (κ1) is 18.3. The van der Waals surface area contributed by atoms with Crippen molar-refractivity contribution in [2.24, 2.45) is 0 Å². The Morgan fingerprint density at radius 1 is 1.23 bits per heavy atom. The first-order valence-corrected chi connectivity index (χ1v) is 9.76. The summed E-state index contributed by atoms with van der Waals surface area (Å²) in [5.41, 5.74) is 1.31. The fourth-order valence-electron chi connectivity index (χ4n) is 2.80. The zero-order valence-electron chi connectivity index (χ0n) is 14.7. The van der Waals surface area contributed by atoms with Crippen LogP contribution >= 0.6 is 0 Å². The van der Waals surface area contributed by atoms with Crippen LogP contribution in [-0.4, -0.2) is 49.9 Å². The van der Waals surface area contributed by atoms with Crippen LogP contribution in [0.2, 0.25) is 0 Å². The van der Waals surface area contributed by atoms with Crippen LogP contribution in [0.5, 0.6) is 5.75 Å². The van der Waals surface area contributed by atoms with Crippen molar-refractivity contribution >= 4 is 15.9 Å². The van der Waals surface area contributed by atoms with Gasteiger partial charge in [-0.25, -0.2) is 8.42 Å². The maximum absolute atomic E-state index is 12.8. The minimum absolute atomic E-state index is 0.169. The number of aryl methyl sites for hydroxylation is 1. The van der Waals surface area contributed by atoms with Crippen molar-refractivity contribution in [2.45, 2.75) is 24.3 Å². The van der Waals surface area contributed by atoms with E-state index in [0.717, 1.165) is 5.69 Å². The highest BCUT2D eigenvalue weighted by Crippen LogP contribution is 2.24. The largest absolute Gasteiger partial charge is 0.487 e. The molecule has 8 heteroatoms. The summed E-state index contributed by atoms with van der Waals surface area (Å²) in [6, 6.07) is 9.61. The number of amides is 1. The van der Waals surface area contributed by atoms with E-state index in [4.69, 9.17) is 4.74 Å². The molecule has 1 aromatic heterocycles. The van der Waals surface area contributed by atoms with Gasteiger partial charge in [-0.1, -0.05) is 0 Å². The Morgan fingerprint density at radius 2 is 1.96 bits per heavy atom. The van der Waals surface area contributed by atoms with Gasteiger partial charge in [-0.2, -0.15) is 4.31 Å². The molecule has 1 saturated heterocycles. The number of nitrogens with zero attached hydrogens (tertiary/aromatic N) is 2. The SMILES string of the molecule is CNC(=O)c1ccc(S(=O)(=O)N2CC[C@@H](Oc3ccc(C)nc3)C2)cc1. The molecule has 0 unspecified atom stereocenters. The number of carbonyl (C=O) groups is 1. The molecular formula is C18H21N3O4S. The third-order valence-electron chi connectivity index (χ3n) is 4.28. The standard InChI is InChI=1S/C18H21N3O4S/c1-13-3-6-15(11-20-13)25-16-9-10-21(12-16)26(23,24)17-7-4-14(5-8-17)18(22)19-2/h3-8,11,16H,9-10,12H2,1-2H3,(H,19,22)/t16-/m1/s1. The van der Waals surface area contributed by atoms with Gasteiger partial charge in [0.1, 0.15) is 11.9 Å². The molecule has 0 spiro atoms. The van der Waals surface area contributed by atoms with Crippen LogP contribution in [-0.2, 0) is 10.0 Å². The number of carbonyl (C=O) groups excluding carboxylic acids is 1. The number of benzene rings is 1. The molecule has 26 heavy (non-hydrogen) atoms. The van der Waals surface area contributed by atoms with E-state index < -0.39 is 10.0 Å². The van der Waals surface area contributed by atoms with Crippen LogP contribution in [0, 0.1) is 6.92 Å². The number of nitrogens with one attached hydrogen (secondary N) is 1. The van der Waals surface area contributed by atoms with Gasteiger partial charge in [0, 0.05) is 24.8 Å². The molecule has 2 heterocycles. The lowest BCUT2D eigenvalue weighted by Gasteiger charge is -2.17. The predicted molar refractivity (Wildman–Crippen MR) is 96.6 cm³/mol. The second-order valence-corrected chi connectivity index (χ2v) is 8.07. The topological polar surface area (TPSA) is 88.6 Å². The lowest BCUT2D eigenvalue weighted by Crippen LogP contribution is -2.31. The number of pyridine rings is 1. The van der Waals surface area contributed by atoms with E-state index in [2.05, 4.69) is 10.3 Å². The Balaban J connectivity index is 1.68. The zero-order chi connectivity index (χ0) is 18.7. The highest BCUT2D eigenvalue weighted by Gasteiger charge is 2.33. The molecule has 1 amide bonds. The number of hydrogen-bond acceptors (Lipinski definition) is 5. The summed E-state index contributed by atoms with van der Waals surface area (Å²) in [6.07, 6.45) is 2.05. The Labute approximate surface area is 153 Å². The second-order valence-electron chi connectivity index (χ2n) is 6.13. The highest BCUT2D eigenvalue weighted by atomic mass is 32.2. The van der Waals surface area contributed by atoms with Gasteiger partial charge in [-0.05, 0) is 49.7 Å². The molecule has 1 aliphatic heterocycles. The predicted octanol–water partition coefficient (Wildman–Crippen LogP) is 1.59. The molecule has 1 aliphatic rings. The smallest absolute Gasteiger partial charge is 0.251 e. The summed E-state index contributed by atoms with van der Waals surface area (Å²) in [6.45, 7) is 2.57. The summed E-state index contributed by atoms with van der Waals surface area (Å²) in [5.74, 6) is 0.380. The van der Waals surface area contributed by atoms with Crippen LogP contribution in [0.1, 0.15) is 22.5 Å². The van der Waals surface area contributed by atoms with Gasteiger partial charge in [-0.3, -0.25) is 9.78 Å². The van der Waals surface area contributed by atoms with Crippen molar-refractivity contribution < 1.29 is 17.9 Å². The van der Waals surface area contributed by atoms with E-state index in [1.807, 2.05) is 19.1 Å². The summed E-state index contributed by atoms with van der Waals surface area (Å²) in [4.78, 5) is 15.9. The van der Waals surface area contributed by atoms with Crippen LogP contribution in [0.3, 0.4) is 0 Å². The molecule has 0 saturated carbocycles. The van der Waals surface area contributed by atoms with Gasteiger partial charge in [0.05, 0.1) is 17.6 Å². The molecule has 1 atom stereocenters. The molecule has 0 aliphatic carbocycles. The number of rotatable bonds is 5. The zero-order valence-corrected chi connectivity index (χ0v) is 15.5. The van der Waals surface area contributed by atoms with Crippen molar-refractivity contribution in [3.05, 3.63) is 53.9 Å². The van der Waals surface area contributed by atoms with Crippen molar-refractivity contribution in [3.63, 3.8) is 0 Å². The molecule has 138 valence electrons. The van der Waals surface area contributed by atoms with Crippen molar-refractivity contribution in [3.8, 4) is 5.75 Å². The second kappa shape index (κ2) is 7.43. The molecular weight excluding hydrogens is 354 g/mol. The van der Waals surface area contributed by atoms with E-state index in [1.165, 1.54) is 35.6 Å². The molecule has 0 bridgehead atoms. The third kappa shape index (κ3) is 3.86. The van der Waals surface area contributed by atoms with E-state index in [1.54, 1.807) is 6.20 Å². The number of sulfonamides is 1. The van der Waals surface area contributed by atoms with Crippen LogP contribution in [0.25, 0.3) is 0 Å². The maximum Gasteiger partial charge on any atom is 0.251 e. The number of ether oxygens (including phenoxy) is 1. The van der Waals surface area contributed by atoms with Gasteiger partial charge in [0.25, 0.3) is 5.91 Å². The van der Waals surface area contributed by atoms with Gasteiger partial charge in [0.15, 0.2) is 0 Å². The molecule has 1 fully saturated rings. The first-order chi connectivity index (χ1) is 12.4. The minimum atomic E-state index is -3.61. The summed E-state index contributed by atoms with van der Waals surface area (Å²) in [7, 11) is -2.09. The molecule has 7 nitrogen and oxygen atoms in total. The lowest BCUT2D eigenvalue weighted by atomic mass is 10.2. The fourth-order valence-corrected chi connectivity index (χ4v) is 4.29. The van der Waals surface area contributed by atoms with E-state index in [-0.39, 0.29) is 23.5 Å². The molecule has 0 radical (unpaired) electrons. The van der Waals surface area contributed by atoms with Crippen molar-refractivity contribution in [2.75, 3.05) is 20.1 Å². The fraction of sp³-hybridized carbons (Fsp3) is 0.333. The molecule has 2 aromatic rings. The molecule has 1 N–H and O–H groups in total. The van der Waals surface area contributed by atoms with Crippen LogP contribution in [0.15, 0.2) is 47.5 Å². The summed E-state index contributed by atoms with van der Waals surface area (Å²) < 4.78 is 32.8. The number of aromatic nitrogens is 1. The van der Waals surface area contributed by atoms with Gasteiger partial charge in [-0.15, -0.1) is 0 Å². The lowest BCUT2D eigenvalue weighted by molar-refractivity contribution is 0.0963. The average molecular weight is 375 g/mol. The van der Waals surface area contributed by atoms with E-state index >= 15 is 0 Å². The maximum atomic E-state index is 12.8. The Hall–Kier alpha value is -2.45. The van der Waals surface area contributed by atoms with E-state index in [9.17, 15) is 13.2 Å². The normalized spacial score (nSPS) is 17.8. The van der Waals surface area contributed by atoms with E-state index in [0.29, 0.717) is 24.3 Å². The van der Waals surface area contributed by atoms with Crippen molar-refractivity contribution in [1.82, 2.24) is 14.6 Å². The average Bonchev–Trinajstić information content (AvgIpc) is 3.12. The molecule has 1 aromatic carbocycles. The third-order valence-corrected chi connectivity index (χ3v) is 6.16. The van der Waals surface area contributed by atoms with Crippen molar-refractivity contribution in [1.29, 1.82) is 0 Å². The monoisotopic (exact) mass is 375 g/mol. The Bertz CT molecular complexity index is 880. The van der Waals surface area contributed by atoms with Crippen LogP contribution in [0.4, 0.5) is 0 Å². The summed E-state index contributed by atoms with van der Waals surface area (Å²) >= 11 is 0. The van der Waals surface area contributed by atoms with Gasteiger partial charge in [0.2, 0.25) is 10.0 Å². The Kier molecular flexibility index (Phi) is 5.24. The summed E-state index contributed by atoms with van der Waals surface area (Å²) in [5, 5.41) is 2.51. The minimum Gasteiger partial charge on any atom is -0.487 e. The first-order valence-electron chi connectivity index (χ1n) is 8.32. The van der Waals surface area contributed by atoms with Gasteiger partial charge >= 0.3 is 0 Å². The Morgan fingerprint density at radius 3 is 2.58 bits per heavy atom. The quantitative estimate of drug-likeness (QED) is 0.857. The van der Waals surface area contributed by atoms with Crippen LogP contribution < -0.4 is 10.1 Å². The molecule has 3 rings (SSSR count). The highest BCUT2D eigenvalue weighted by molar-refractivity contribution is 7.89.